The van der Waals surface area contributed by atoms with Crippen molar-refractivity contribution in [2.75, 3.05) is 19.8 Å². The smallest absolute Gasteiger partial charge is 0.0861 e. The van der Waals surface area contributed by atoms with Gasteiger partial charge in [0.05, 0.1) is 19.2 Å². The van der Waals surface area contributed by atoms with Crippen LogP contribution < -0.4 is 0 Å². The fourth-order valence-corrected chi connectivity index (χ4v) is 0.497. The summed E-state index contributed by atoms with van der Waals surface area (Å²) >= 11 is 0. The molecule has 0 aromatic rings. The summed E-state index contributed by atoms with van der Waals surface area (Å²) in [7, 11) is 0. The Morgan fingerprint density at radius 3 is 2.45 bits per heavy atom. The van der Waals surface area contributed by atoms with Crippen molar-refractivity contribution in [1.29, 1.82) is 5.41 Å². The highest BCUT2D eigenvalue weighted by Gasteiger charge is 1.94. The zero-order valence-corrected chi connectivity index (χ0v) is 7.10. The molecule has 0 atom stereocenters. The lowest BCUT2D eigenvalue weighted by Gasteiger charge is -1.87. The van der Waals surface area contributed by atoms with Crippen molar-refractivity contribution in [1.82, 2.24) is 0 Å². The van der Waals surface area contributed by atoms with Gasteiger partial charge in [-0.2, -0.15) is 0 Å². The van der Waals surface area contributed by atoms with Crippen LogP contribution in [0.3, 0.4) is 0 Å². The second kappa shape index (κ2) is 9.34. The molecule has 0 aromatic carbocycles. The lowest BCUT2D eigenvalue weighted by molar-refractivity contribution is 0.475. The predicted octanol–water partition coefficient (Wildman–Crippen LogP) is 1.95. The molecule has 0 saturated carbocycles. The summed E-state index contributed by atoms with van der Waals surface area (Å²) in [6, 6.07) is 2.00. The number of aliphatic imine (C=N–C) groups is 1. The van der Waals surface area contributed by atoms with Crippen LogP contribution in [0.2, 0.25) is 0 Å². The second-order valence-corrected chi connectivity index (χ2v) is 2.31. The first-order valence-corrected chi connectivity index (χ1v) is 4.07. The van der Waals surface area contributed by atoms with Crippen molar-refractivity contribution in [2.45, 2.75) is 26.2 Å². The molecule has 64 valence electrons. The van der Waals surface area contributed by atoms with E-state index in [-0.39, 0.29) is 0 Å². The van der Waals surface area contributed by atoms with Crippen molar-refractivity contribution in [2.24, 2.45) is 4.99 Å². The van der Waals surface area contributed by atoms with Gasteiger partial charge in [0.25, 0.3) is 0 Å². The van der Waals surface area contributed by atoms with Crippen LogP contribution in [-0.2, 0) is 4.74 Å². The molecule has 1 N–H and O–H groups in total. The highest BCUT2D eigenvalue weighted by Crippen LogP contribution is 1.91. The molecule has 0 bridgehead atoms. The molecule has 0 amide bonds. The summed E-state index contributed by atoms with van der Waals surface area (Å²) in [5.74, 6) is 0. The fourth-order valence-electron chi connectivity index (χ4n) is 0.497. The third-order valence-electron chi connectivity index (χ3n) is 1.16. The Labute approximate surface area is 68.0 Å². The summed E-state index contributed by atoms with van der Waals surface area (Å²) in [4.78, 5) is 3.63. The normalized spacial score (nSPS) is 12.5. The van der Waals surface area contributed by atoms with E-state index in [1.54, 1.807) is 0 Å². The molecule has 0 spiro atoms. The van der Waals surface area contributed by atoms with Gasteiger partial charge in [-0.05, 0) is 6.42 Å². The van der Waals surface area contributed by atoms with E-state index in [0.29, 0.717) is 0 Å². The van der Waals surface area contributed by atoms with E-state index in [1.165, 1.54) is 12.8 Å². The van der Waals surface area contributed by atoms with Gasteiger partial charge in [0.2, 0.25) is 0 Å². The van der Waals surface area contributed by atoms with Crippen molar-refractivity contribution in [3.05, 3.63) is 0 Å². The summed E-state index contributed by atoms with van der Waals surface area (Å²) < 4.78 is 4.50. The van der Waals surface area contributed by atoms with Crippen LogP contribution >= 0.6 is 0 Å². The van der Waals surface area contributed by atoms with E-state index in [1.807, 2.05) is 6.01 Å². The average Bonchev–Trinajstić information content (AvgIpc) is 2.84. The number of ether oxygens (including phenoxy) is 1. The van der Waals surface area contributed by atoms with E-state index in [0.717, 1.165) is 26.2 Å². The van der Waals surface area contributed by atoms with E-state index in [9.17, 15) is 0 Å². The van der Waals surface area contributed by atoms with Gasteiger partial charge in [-0.25, -0.2) is 10.4 Å². The molecule has 0 radical (unpaired) electrons. The van der Waals surface area contributed by atoms with Crippen molar-refractivity contribution in [3.63, 3.8) is 0 Å². The van der Waals surface area contributed by atoms with Gasteiger partial charge < -0.3 is 4.74 Å². The van der Waals surface area contributed by atoms with Crippen LogP contribution in [0, 0.1) is 5.41 Å². The molecule has 0 aliphatic carbocycles. The Hall–Kier alpha value is -0.660. The highest BCUT2D eigenvalue weighted by molar-refractivity contribution is 5.35. The van der Waals surface area contributed by atoms with E-state index in [4.69, 9.17) is 5.41 Å². The van der Waals surface area contributed by atoms with Gasteiger partial charge >= 0.3 is 0 Å². The van der Waals surface area contributed by atoms with Gasteiger partial charge in [-0.15, -0.1) is 0 Å². The third-order valence-corrected chi connectivity index (χ3v) is 1.16. The zero-order chi connectivity index (χ0) is 8.36. The van der Waals surface area contributed by atoms with Gasteiger partial charge in [0.1, 0.15) is 0 Å². The van der Waals surface area contributed by atoms with Crippen LogP contribution in [0.5, 0.6) is 0 Å². The number of hydrogen-bond acceptors (Lipinski definition) is 3. The van der Waals surface area contributed by atoms with Crippen LogP contribution in [0.25, 0.3) is 0 Å². The molecule has 3 nitrogen and oxygen atoms in total. The number of unbranched alkanes of at least 4 members (excludes halogenated alkanes) is 2. The summed E-state index contributed by atoms with van der Waals surface area (Å²) in [6.07, 6.45) is 3.53. The summed E-state index contributed by atoms with van der Waals surface area (Å²) in [5, 5.41) is 6.42. The quantitative estimate of drug-likeness (QED) is 0.377. The molecule has 1 heterocycles. The van der Waals surface area contributed by atoms with Gasteiger partial charge in [0.15, 0.2) is 0 Å². The largest absolute Gasteiger partial charge is 0.377 e. The monoisotopic (exact) mass is 156 g/mol. The molecule has 0 aromatic heterocycles. The Kier molecular flexibility index (Phi) is 8.78. The van der Waals surface area contributed by atoms with Crippen LogP contribution in [0.15, 0.2) is 4.99 Å². The molecule has 1 saturated heterocycles. The van der Waals surface area contributed by atoms with E-state index >= 15 is 0 Å². The van der Waals surface area contributed by atoms with Gasteiger partial charge in [-0.3, -0.25) is 0 Å². The second-order valence-electron chi connectivity index (χ2n) is 2.31. The molecular formula is C8H16N2O. The maximum Gasteiger partial charge on any atom is 0.0861 e. The van der Waals surface area contributed by atoms with Gasteiger partial charge in [0, 0.05) is 6.54 Å². The first kappa shape index (κ1) is 10.3. The van der Waals surface area contributed by atoms with Crippen LogP contribution in [-0.4, -0.2) is 25.8 Å². The van der Waals surface area contributed by atoms with Crippen molar-refractivity contribution in [3.8, 4) is 0 Å². The summed E-state index contributed by atoms with van der Waals surface area (Å²) in [5.41, 5.74) is 0. The average molecular weight is 156 g/mol. The maximum atomic E-state index is 6.42. The van der Waals surface area contributed by atoms with Crippen molar-refractivity contribution < 1.29 is 4.74 Å². The minimum absolute atomic E-state index is 0.775. The number of epoxide rings is 1. The standard InChI is InChI=1S/C6H12N2.C2H4O/c1-2-3-4-5-8-6-7;1-2-3-1/h7H,2-5H2,1H3;1-2H2. The minimum Gasteiger partial charge on any atom is -0.377 e. The number of hydrogen-bond donors (Lipinski definition) is 1. The molecule has 1 rings (SSSR count). The Bertz CT molecular complexity index is 115. The topological polar surface area (TPSA) is 48.7 Å². The van der Waals surface area contributed by atoms with Crippen molar-refractivity contribution >= 4 is 6.01 Å². The lowest BCUT2D eigenvalue weighted by atomic mass is 10.3. The first-order valence-electron chi connectivity index (χ1n) is 4.07. The number of nitrogens with zero attached hydrogens (tertiary/aromatic N) is 1. The van der Waals surface area contributed by atoms with E-state index < -0.39 is 0 Å². The zero-order valence-electron chi connectivity index (χ0n) is 7.10. The predicted molar refractivity (Wildman–Crippen MR) is 45.4 cm³/mol. The number of rotatable bonds is 4. The SMILES string of the molecule is C1CO1.CCCCCN=C=N. The molecule has 11 heavy (non-hydrogen) atoms. The van der Waals surface area contributed by atoms with E-state index in [2.05, 4.69) is 16.7 Å². The van der Waals surface area contributed by atoms with Gasteiger partial charge in [-0.1, -0.05) is 19.8 Å². The minimum atomic E-state index is 0.775. The molecule has 3 heteroatoms. The Balaban J connectivity index is 0.000000271. The van der Waals surface area contributed by atoms with Crippen LogP contribution in [0.1, 0.15) is 26.2 Å². The number of nitrogens with one attached hydrogen (secondary N) is 1. The molecule has 1 aliphatic rings. The Morgan fingerprint density at radius 1 is 1.45 bits per heavy atom. The highest BCUT2D eigenvalue weighted by atomic mass is 16.6. The molecule has 1 aliphatic heterocycles. The first-order chi connectivity index (χ1) is 5.41. The summed E-state index contributed by atoms with van der Waals surface area (Å²) in [6.45, 7) is 4.92. The van der Waals surface area contributed by atoms with Crippen LogP contribution in [0.4, 0.5) is 0 Å². The third kappa shape index (κ3) is 17.6. The fraction of sp³-hybridized carbons (Fsp3) is 0.875. The Morgan fingerprint density at radius 2 is 2.09 bits per heavy atom. The molecule has 1 fully saturated rings. The maximum absolute atomic E-state index is 6.42. The molecule has 0 unspecified atom stereocenters. The molecular weight excluding hydrogens is 140 g/mol. The lowest BCUT2D eigenvalue weighted by Crippen LogP contribution is -1.77.